The third-order valence-corrected chi connectivity index (χ3v) is 3.86. The van der Waals surface area contributed by atoms with Crippen molar-refractivity contribution in [3.8, 4) is 0 Å². The summed E-state index contributed by atoms with van der Waals surface area (Å²) in [6, 6.07) is 19.9. The number of hydrogen-bond acceptors (Lipinski definition) is 3. The number of amides is 2. The molecule has 24 heavy (non-hydrogen) atoms. The van der Waals surface area contributed by atoms with Gasteiger partial charge in [0, 0.05) is 18.4 Å². The van der Waals surface area contributed by atoms with Crippen molar-refractivity contribution in [2.75, 3.05) is 17.3 Å². The molecule has 3 rings (SSSR count). The molecule has 0 aliphatic heterocycles. The fourth-order valence-corrected chi connectivity index (χ4v) is 2.49. The number of urea groups is 1. The molecule has 0 atom stereocenters. The summed E-state index contributed by atoms with van der Waals surface area (Å²) >= 11 is 0. The number of anilines is 2. The molecule has 3 aromatic rings. The molecule has 3 aromatic carbocycles. The Balaban J connectivity index is 1.79. The van der Waals surface area contributed by atoms with Crippen molar-refractivity contribution in [3.63, 3.8) is 0 Å². The average molecular weight is 320 g/mol. The molecular formula is C18H17BN2O3. The summed E-state index contributed by atoms with van der Waals surface area (Å²) in [6.07, 6.45) is 0. The highest BCUT2D eigenvalue weighted by Gasteiger charge is 2.15. The first kappa shape index (κ1) is 16.0. The van der Waals surface area contributed by atoms with E-state index in [4.69, 9.17) is 0 Å². The smallest absolute Gasteiger partial charge is 0.423 e. The van der Waals surface area contributed by atoms with Crippen LogP contribution in [0.5, 0.6) is 0 Å². The van der Waals surface area contributed by atoms with E-state index in [1.54, 1.807) is 31.3 Å². The van der Waals surface area contributed by atoms with Gasteiger partial charge in [-0.1, -0.05) is 42.5 Å². The van der Waals surface area contributed by atoms with Gasteiger partial charge >= 0.3 is 13.1 Å². The number of hydrogen-bond donors (Lipinski definition) is 3. The Morgan fingerprint density at radius 3 is 2.46 bits per heavy atom. The lowest BCUT2D eigenvalue weighted by atomic mass is 9.80. The minimum atomic E-state index is -1.57. The van der Waals surface area contributed by atoms with Gasteiger partial charge in [-0.2, -0.15) is 0 Å². The molecule has 0 unspecified atom stereocenters. The van der Waals surface area contributed by atoms with Gasteiger partial charge < -0.3 is 15.4 Å². The first-order chi connectivity index (χ1) is 11.5. The predicted octanol–water partition coefficient (Wildman–Crippen LogP) is 2.19. The normalized spacial score (nSPS) is 10.5. The molecule has 0 saturated carbocycles. The van der Waals surface area contributed by atoms with E-state index in [1.807, 2.05) is 42.5 Å². The lowest BCUT2D eigenvalue weighted by molar-refractivity contribution is 0.258. The van der Waals surface area contributed by atoms with Crippen molar-refractivity contribution in [2.45, 2.75) is 0 Å². The number of nitrogens with one attached hydrogen (secondary N) is 1. The highest BCUT2D eigenvalue weighted by Crippen LogP contribution is 2.20. The van der Waals surface area contributed by atoms with Crippen molar-refractivity contribution in [2.24, 2.45) is 0 Å². The summed E-state index contributed by atoms with van der Waals surface area (Å²) in [7, 11) is 0.0566. The Kier molecular flexibility index (Phi) is 4.51. The zero-order valence-corrected chi connectivity index (χ0v) is 13.2. The fourth-order valence-electron chi connectivity index (χ4n) is 2.49. The van der Waals surface area contributed by atoms with Gasteiger partial charge in [0.1, 0.15) is 0 Å². The Morgan fingerprint density at radius 1 is 0.958 bits per heavy atom. The molecule has 3 N–H and O–H groups in total. The van der Waals surface area contributed by atoms with Crippen molar-refractivity contribution in [3.05, 3.63) is 66.7 Å². The molecule has 5 nitrogen and oxygen atoms in total. The first-order valence-electron chi connectivity index (χ1n) is 7.54. The van der Waals surface area contributed by atoms with E-state index in [9.17, 15) is 14.8 Å². The topological polar surface area (TPSA) is 72.8 Å². The quantitative estimate of drug-likeness (QED) is 0.648. The molecule has 0 aliphatic rings. The van der Waals surface area contributed by atoms with Gasteiger partial charge in [-0.25, -0.2) is 4.79 Å². The third kappa shape index (κ3) is 3.40. The molecule has 0 spiro atoms. The monoisotopic (exact) mass is 320 g/mol. The van der Waals surface area contributed by atoms with E-state index in [-0.39, 0.29) is 6.03 Å². The van der Waals surface area contributed by atoms with Crippen LogP contribution in [0.4, 0.5) is 16.2 Å². The molecule has 0 heterocycles. The van der Waals surface area contributed by atoms with Crippen LogP contribution >= 0.6 is 0 Å². The Bertz CT molecular complexity index is 883. The summed E-state index contributed by atoms with van der Waals surface area (Å²) in [5, 5.41) is 23.5. The van der Waals surface area contributed by atoms with Crippen molar-refractivity contribution in [1.29, 1.82) is 0 Å². The molecule has 2 amide bonds. The molecule has 0 saturated heterocycles. The molecule has 0 fully saturated rings. The SMILES string of the molecule is CN(C(=O)Nc1ccc2ccccc2c1)c1cccc(B(O)O)c1. The highest BCUT2D eigenvalue weighted by atomic mass is 16.4. The zero-order valence-electron chi connectivity index (χ0n) is 13.2. The van der Waals surface area contributed by atoms with Gasteiger partial charge in [-0.05, 0) is 40.5 Å². The number of rotatable bonds is 3. The maximum atomic E-state index is 12.4. The standard InChI is InChI=1S/C18H17BN2O3/c1-21(17-8-4-7-15(12-17)19(23)24)18(22)20-16-10-9-13-5-2-3-6-14(13)11-16/h2-12,23-24H,1H3,(H,20,22). The van der Waals surface area contributed by atoms with Gasteiger partial charge in [0.25, 0.3) is 0 Å². The second kappa shape index (κ2) is 6.74. The van der Waals surface area contributed by atoms with Gasteiger partial charge in [-0.3, -0.25) is 4.90 Å². The van der Waals surface area contributed by atoms with E-state index >= 15 is 0 Å². The molecule has 120 valence electrons. The lowest BCUT2D eigenvalue weighted by Crippen LogP contribution is -2.34. The van der Waals surface area contributed by atoms with Crippen LogP contribution in [0.1, 0.15) is 0 Å². The van der Waals surface area contributed by atoms with Crippen molar-refractivity contribution in [1.82, 2.24) is 0 Å². The van der Waals surface area contributed by atoms with E-state index in [1.165, 1.54) is 4.90 Å². The number of carbonyl (C=O) groups is 1. The molecule has 0 aromatic heterocycles. The van der Waals surface area contributed by atoms with Crippen LogP contribution in [-0.2, 0) is 0 Å². The van der Waals surface area contributed by atoms with Crippen LogP contribution in [0.15, 0.2) is 66.7 Å². The second-order valence-corrected chi connectivity index (χ2v) is 5.52. The Labute approximate surface area is 140 Å². The summed E-state index contributed by atoms with van der Waals surface area (Å²) in [6.45, 7) is 0. The highest BCUT2D eigenvalue weighted by molar-refractivity contribution is 6.58. The Hall–Kier alpha value is -2.83. The van der Waals surface area contributed by atoms with Crippen molar-refractivity contribution >= 4 is 40.8 Å². The number of fused-ring (bicyclic) bond motifs is 1. The molecule has 6 heteroatoms. The van der Waals surface area contributed by atoms with E-state index in [2.05, 4.69) is 5.32 Å². The van der Waals surface area contributed by atoms with Crippen LogP contribution in [0, 0.1) is 0 Å². The summed E-state index contributed by atoms with van der Waals surface area (Å²) < 4.78 is 0. The molecule has 0 bridgehead atoms. The Morgan fingerprint density at radius 2 is 1.71 bits per heavy atom. The van der Waals surface area contributed by atoms with Crippen LogP contribution in [0.3, 0.4) is 0 Å². The van der Waals surface area contributed by atoms with Gasteiger partial charge in [0.15, 0.2) is 0 Å². The van der Waals surface area contributed by atoms with Crippen LogP contribution in [-0.4, -0.2) is 30.2 Å². The van der Waals surface area contributed by atoms with E-state index in [0.717, 1.165) is 10.8 Å². The minimum absolute atomic E-state index is 0.310. The fraction of sp³-hybridized carbons (Fsp3) is 0.0556. The van der Waals surface area contributed by atoms with E-state index in [0.29, 0.717) is 16.8 Å². The lowest BCUT2D eigenvalue weighted by Gasteiger charge is -2.19. The van der Waals surface area contributed by atoms with Crippen LogP contribution < -0.4 is 15.7 Å². The summed E-state index contributed by atoms with van der Waals surface area (Å²) in [5.74, 6) is 0. The third-order valence-electron chi connectivity index (χ3n) is 3.86. The first-order valence-corrected chi connectivity index (χ1v) is 7.54. The second-order valence-electron chi connectivity index (χ2n) is 5.52. The van der Waals surface area contributed by atoms with Crippen molar-refractivity contribution < 1.29 is 14.8 Å². The van der Waals surface area contributed by atoms with Gasteiger partial charge in [-0.15, -0.1) is 0 Å². The number of benzene rings is 3. The van der Waals surface area contributed by atoms with Crippen LogP contribution in [0.25, 0.3) is 10.8 Å². The van der Waals surface area contributed by atoms with Gasteiger partial charge in [0.05, 0.1) is 0 Å². The van der Waals surface area contributed by atoms with Gasteiger partial charge in [0.2, 0.25) is 0 Å². The maximum absolute atomic E-state index is 12.4. The largest absolute Gasteiger partial charge is 0.488 e. The minimum Gasteiger partial charge on any atom is -0.423 e. The zero-order chi connectivity index (χ0) is 17.1. The maximum Gasteiger partial charge on any atom is 0.488 e. The number of nitrogens with zero attached hydrogens (tertiary/aromatic N) is 1. The molecule has 0 radical (unpaired) electrons. The average Bonchev–Trinajstić information content (AvgIpc) is 2.61. The summed E-state index contributed by atoms with van der Waals surface area (Å²) in [5.41, 5.74) is 1.60. The van der Waals surface area contributed by atoms with E-state index < -0.39 is 7.12 Å². The predicted molar refractivity (Wildman–Crippen MR) is 97.6 cm³/mol. The molecular weight excluding hydrogens is 303 g/mol. The number of carbonyl (C=O) groups excluding carboxylic acids is 1. The summed E-state index contributed by atoms with van der Waals surface area (Å²) in [4.78, 5) is 13.8. The van der Waals surface area contributed by atoms with Crippen LogP contribution in [0.2, 0.25) is 0 Å². The molecule has 0 aliphatic carbocycles.